The van der Waals surface area contributed by atoms with Crippen molar-refractivity contribution < 1.29 is 17.9 Å². The van der Waals surface area contributed by atoms with Gasteiger partial charge in [-0.3, -0.25) is 4.79 Å². The van der Waals surface area contributed by atoms with E-state index in [1.807, 2.05) is 38.1 Å². The molecule has 2 aromatic carbocycles. The molecule has 158 valence electrons. The molecule has 1 heterocycles. The maximum Gasteiger partial charge on any atom is 0.244 e. The summed E-state index contributed by atoms with van der Waals surface area (Å²) in [6, 6.07) is 12.3. The van der Waals surface area contributed by atoms with Crippen molar-refractivity contribution >= 4 is 15.9 Å². The van der Waals surface area contributed by atoms with Gasteiger partial charge < -0.3 is 10.5 Å². The summed E-state index contributed by atoms with van der Waals surface area (Å²) in [5.41, 5.74) is 7.72. The number of hydrogen-bond acceptors (Lipinski definition) is 7. The molecule has 0 radical (unpaired) electrons. The first-order valence-corrected chi connectivity index (χ1v) is 10.5. The Balaban J connectivity index is 1.88. The van der Waals surface area contributed by atoms with Crippen LogP contribution in [0.3, 0.4) is 0 Å². The number of benzene rings is 2. The van der Waals surface area contributed by atoms with Gasteiger partial charge in [0.1, 0.15) is 10.6 Å². The minimum atomic E-state index is -3.98. The molecule has 1 atom stereocenters. The minimum absolute atomic E-state index is 0.0763. The molecule has 10 nitrogen and oxygen atoms in total. The number of primary amides is 1. The van der Waals surface area contributed by atoms with Crippen molar-refractivity contribution in [2.45, 2.75) is 24.8 Å². The molecule has 30 heavy (non-hydrogen) atoms. The van der Waals surface area contributed by atoms with Gasteiger partial charge in [-0.1, -0.05) is 29.8 Å². The van der Waals surface area contributed by atoms with Crippen LogP contribution < -0.4 is 15.2 Å². The fraction of sp³-hybridized carbons (Fsp3) is 0.263. The highest BCUT2D eigenvalue weighted by molar-refractivity contribution is 7.89. The third-order valence-corrected chi connectivity index (χ3v) is 5.92. The van der Waals surface area contributed by atoms with Crippen LogP contribution in [0.15, 0.2) is 47.4 Å². The second kappa shape index (κ2) is 8.59. The lowest BCUT2D eigenvalue weighted by molar-refractivity contribution is -0.116. The van der Waals surface area contributed by atoms with E-state index in [-0.39, 0.29) is 16.7 Å². The number of rotatable bonds is 8. The Labute approximate surface area is 174 Å². The molecular weight excluding hydrogens is 408 g/mol. The molecule has 0 aliphatic rings. The number of tetrazole rings is 1. The van der Waals surface area contributed by atoms with Gasteiger partial charge in [-0.05, 0) is 42.8 Å². The Morgan fingerprint density at radius 2 is 1.93 bits per heavy atom. The zero-order valence-corrected chi connectivity index (χ0v) is 17.5. The maximum absolute atomic E-state index is 12.4. The van der Waals surface area contributed by atoms with E-state index >= 15 is 0 Å². The number of nitrogens with zero attached hydrogens (tertiary/aromatic N) is 4. The molecule has 0 fully saturated rings. The number of aromatic nitrogens is 4. The predicted molar refractivity (Wildman–Crippen MR) is 109 cm³/mol. The van der Waals surface area contributed by atoms with E-state index in [4.69, 9.17) is 10.5 Å². The Morgan fingerprint density at radius 3 is 2.57 bits per heavy atom. The van der Waals surface area contributed by atoms with E-state index in [0.29, 0.717) is 11.4 Å². The van der Waals surface area contributed by atoms with Crippen molar-refractivity contribution in [2.75, 3.05) is 13.7 Å². The third kappa shape index (κ3) is 4.63. The molecule has 3 rings (SSSR count). The Kier molecular flexibility index (Phi) is 6.13. The van der Waals surface area contributed by atoms with E-state index in [1.165, 1.54) is 24.0 Å². The molecule has 0 bridgehead atoms. The minimum Gasteiger partial charge on any atom is -0.495 e. The normalized spacial score (nSPS) is 12.5. The van der Waals surface area contributed by atoms with Crippen molar-refractivity contribution in [1.29, 1.82) is 0 Å². The molecule has 3 N–H and O–H groups in total. The number of aryl methyl sites for hydroxylation is 1. The fourth-order valence-electron chi connectivity index (χ4n) is 2.76. The fourth-order valence-corrected chi connectivity index (χ4v) is 3.90. The van der Waals surface area contributed by atoms with Gasteiger partial charge in [0.2, 0.25) is 21.8 Å². The van der Waals surface area contributed by atoms with Crippen molar-refractivity contribution in [3.05, 3.63) is 53.6 Å². The molecule has 0 saturated carbocycles. The number of nitrogens with one attached hydrogen (secondary N) is 1. The van der Waals surface area contributed by atoms with Crippen molar-refractivity contribution in [3.63, 3.8) is 0 Å². The molecule has 0 aliphatic carbocycles. The number of methoxy groups -OCH3 is 1. The van der Waals surface area contributed by atoms with Gasteiger partial charge in [0.15, 0.2) is 0 Å². The second-order valence-corrected chi connectivity index (χ2v) is 8.41. The summed E-state index contributed by atoms with van der Waals surface area (Å²) >= 11 is 0. The van der Waals surface area contributed by atoms with E-state index in [0.717, 1.165) is 11.1 Å². The van der Waals surface area contributed by atoms with Crippen LogP contribution in [0.25, 0.3) is 11.4 Å². The van der Waals surface area contributed by atoms with Crippen LogP contribution in [-0.2, 0) is 14.8 Å². The standard InChI is InChI=1S/C19H22N6O4S/c1-12-4-6-14(7-5-12)13(2)25-23-19(22-24-25)15-8-9-17(16(10-15)29-3)30(27,28)21-11-18(20)26/h4-10,13,21H,11H2,1-3H3,(H2,20,26). The lowest BCUT2D eigenvalue weighted by Crippen LogP contribution is -2.33. The van der Waals surface area contributed by atoms with E-state index < -0.39 is 22.5 Å². The van der Waals surface area contributed by atoms with Gasteiger partial charge in [0.25, 0.3) is 0 Å². The lowest BCUT2D eigenvalue weighted by atomic mass is 10.1. The highest BCUT2D eigenvalue weighted by Crippen LogP contribution is 2.29. The predicted octanol–water partition coefficient (Wildman–Crippen LogP) is 1.03. The topological polar surface area (TPSA) is 142 Å². The zero-order chi connectivity index (χ0) is 21.9. The highest BCUT2D eigenvalue weighted by atomic mass is 32.2. The smallest absolute Gasteiger partial charge is 0.244 e. The molecule has 3 aromatic rings. The average molecular weight is 430 g/mol. The molecule has 1 amide bonds. The summed E-state index contributed by atoms with van der Waals surface area (Å²) in [6.45, 7) is 3.46. The molecular formula is C19H22N6O4S. The first kappa shape index (κ1) is 21.4. The van der Waals surface area contributed by atoms with Crippen LogP contribution in [0, 0.1) is 6.92 Å². The number of nitrogens with two attached hydrogens (primary N) is 1. The van der Waals surface area contributed by atoms with E-state index in [2.05, 4.69) is 20.1 Å². The lowest BCUT2D eigenvalue weighted by Gasteiger charge is -2.11. The summed E-state index contributed by atoms with van der Waals surface area (Å²) in [7, 11) is -2.64. The maximum atomic E-state index is 12.4. The highest BCUT2D eigenvalue weighted by Gasteiger charge is 2.22. The van der Waals surface area contributed by atoms with Crippen LogP contribution in [0.1, 0.15) is 24.1 Å². The number of carbonyl (C=O) groups is 1. The molecule has 0 spiro atoms. The first-order chi connectivity index (χ1) is 14.2. The van der Waals surface area contributed by atoms with Crippen LogP contribution in [0.4, 0.5) is 0 Å². The molecule has 0 aliphatic heterocycles. The van der Waals surface area contributed by atoms with E-state index in [9.17, 15) is 13.2 Å². The molecule has 1 unspecified atom stereocenters. The quantitative estimate of drug-likeness (QED) is 0.543. The van der Waals surface area contributed by atoms with Crippen molar-refractivity contribution in [2.24, 2.45) is 5.73 Å². The third-order valence-electron chi connectivity index (χ3n) is 4.48. The molecule has 0 saturated heterocycles. The van der Waals surface area contributed by atoms with Gasteiger partial charge >= 0.3 is 0 Å². The largest absolute Gasteiger partial charge is 0.495 e. The summed E-state index contributed by atoms with van der Waals surface area (Å²) in [6.07, 6.45) is 0. The zero-order valence-electron chi connectivity index (χ0n) is 16.7. The summed E-state index contributed by atoms with van der Waals surface area (Å²) in [5, 5.41) is 12.6. The van der Waals surface area contributed by atoms with Crippen LogP contribution >= 0.6 is 0 Å². The first-order valence-electron chi connectivity index (χ1n) is 9.03. The van der Waals surface area contributed by atoms with Crippen LogP contribution in [0.2, 0.25) is 0 Å². The van der Waals surface area contributed by atoms with Gasteiger partial charge in [-0.25, -0.2) is 13.1 Å². The monoisotopic (exact) mass is 430 g/mol. The van der Waals surface area contributed by atoms with E-state index in [1.54, 1.807) is 6.07 Å². The number of carbonyl (C=O) groups excluding carboxylic acids is 1. The van der Waals surface area contributed by atoms with Gasteiger partial charge in [-0.2, -0.15) is 4.80 Å². The average Bonchev–Trinajstić information content (AvgIpc) is 3.22. The van der Waals surface area contributed by atoms with Crippen LogP contribution in [-0.4, -0.2) is 48.2 Å². The number of amides is 1. The van der Waals surface area contributed by atoms with Gasteiger partial charge in [0.05, 0.1) is 19.7 Å². The summed E-state index contributed by atoms with van der Waals surface area (Å²) < 4.78 is 32.1. The Bertz CT molecular complexity index is 1160. The summed E-state index contributed by atoms with van der Waals surface area (Å²) in [5.74, 6) is -0.397. The van der Waals surface area contributed by atoms with Crippen molar-refractivity contribution in [3.8, 4) is 17.1 Å². The SMILES string of the molecule is COc1cc(-c2nnn(C(C)c3ccc(C)cc3)n2)ccc1S(=O)(=O)NCC(N)=O. The number of hydrogen-bond donors (Lipinski definition) is 2. The van der Waals surface area contributed by atoms with Crippen molar-refractivity contribution in [1.82, 2.24) is 24.9 Å². The second-order valence-electron chi connectivity index (χ2n) is 6.68. The Morgan fingerprint density at radius 1 is 1.23 bits per heavy atom. The number of ether oxygens (including phenoxy) is 1. The van der Waals surface area contributed by atoms with Gasteiger partial charge in [0, 0.05) is 5.56 Å². The molecule has 11 heteroatoms. The molecule has 1 aromatic heterocycles. The van der Waals surface area contributed by atoms with Crippen LogP contribution in [0.5, 0.6) is 5.75 Å². The Hall–Kier alpha value is -3.31. The summed E-state index contributed by atoms with van der Waals surface area (Å²) in [4.78, 5) is 12.2. The number of sulfonamides is 1. The van der Waals surface area contributed by atoms with Gasteiger partial charge in [-0.15, -0.1) is 10.2 Å².